The van der Waals surface area contributed by atoms with Gasteiger partial charge in [-0.25, -0.2) is 4.39 Å². The van der Waals surface area contributed by atoms with E-state index in [-0.39, 0.29) is 16.1 Å². The quantitative estimate of drug-likeness (QED) is 0.690. The number of benzene rings is 1. The van der Waals surface area contributed by atoms with Crippen LogP contribution in [0.5, 0.6) is 0 Å². The molecule has 7 heteroatoms. The second-order valence-corrected chi connectivity index (χ2v) is 4.72. The van der Waals surface area contributed by atoms with Gasteiger partial charge >= 0.3 is 0 Å². The van der Waals surface area contributed by atoms with E-state index in [2.05, 4.69) is 10.2 Å². The van der Waals surface area contributed by atoms with Crippen molar-refractivity contribution in [3.05, 3.63) is 34.4 Å². The van der Waals surface area contributed by atoms with Crippen LogP contribution < -0.4 is 0 Å². The van der Waals surface area contributed by atoms with Gasteiger partial charge in [0.05, 0.1) is 10.6 Å². The summed E-state index contributed by atoms with van der Waals surface area (Å²) in [7, 11) is 0. The molecule has 0 atom stereocenters. The zero-order chi connectivity index (χ0) is 12.0. The number of nitrogens with zero attached hydrogens (tertiary/aromatic N) is 3. The summed E-state index contributed by atoms with van der Waals surface area (Å²) in [5, 5.41) is 18.4. The monoisotopic (exact) mass is 269 g/mol. The molecule has 0 saturated carbocycles. The van der Waals surface area contributed by atoms with E-state index in [4.69, 9.17) is 11.6 Å². The van der Waals surface area contributed by atoms with Crippen LogP contribution in [-0.2, 0) is 0 Å². The van der Waals surface area contributed by atoms with E-state index in [1.54, 1.807) is 12.1 Å². The van der Waals surface area contributed by atoms with Crippen LogP contribution in [0.1, 0.15) is 0 Å². The average molecular weight is 270 g/mol. The first-order valence-electron chi connectivity index (χ1n) is 4.65. The van der Waals surface area contributed by atoms with E-state index in [1.807, 2.05) is 5.38 Å². The number of hydrogen-bond acceptors (Lipinski definition) is 4. The molecule has 2 heterocycles. The Hall–Kier alpha value is -1.66. The molecule has 0 radical (unpaired) electrons. The van der Waals surface area contributed by atoms with Crippen molar-refractivity contribution in [1.29, 1.82) is 0 Å². The molecule has 0 bridgehead atoms. The Morgan fingerprint density at radius 3 is 2.94 bits per heavy atom. The van der Waals surface area contributed by atoms with Gasteiger partial charge < -0.3 is 5.21 Å². The lowest BCUT2D eigenvalue weighted by molar-refractivity contribution is 0.113. The van der Waals surface area contributed by atoms with Crippen LogP contribution in [0.25, 0.3) is 21.5 Å². The van der Waals surface area contributed by atoms with Gasteiger partial charge in [0, 0.05) is 4.88 Å². The third-order valence-electron chi connectivity index (χ3n) is 2.33. The Morgan fingerprint density at radius 1 is 1.41 bits per heavy atom. The van der Waals surface area contributed by atoms with Gasteiger partial charge in [0.15, 0.2) is 5.82 Å². The number of fused-ring (bicyclic) bond motifs is 1. The van der Waals surface area contributed by atoms with Crippen LogP contribution in [0.3, 0.4) is 0 Å². The lowest BCUT2D eigenvalue weighted by atomic mass is 10.1. The number of aromatic nitrogens is 3. The van der Waals surface area contributed by atoms with Crippen molar-refractivity contribution in [2.75, 3.05) is 0 Å². The molecule has 17 heavy (non-hydrogen) atoms. The molecule has 0 aliphatic heterocycles. The second-order valence-electron chi connectivity index (χ2n) is 3.36. The summed E-state index contributed by atoms with van der Waals surface area (Å²) in [5.41, 5.74) is 0.905. The Morgan fingerprint density at radius 2 is 2.24 bits per heavy atom. The zero-order valence-corrected chi connectivity index (χ0v) is 9.83. The average Bonchev–Trinajstić information content (AvgIpc) is 2.89. The van der Waals surface area contributed by atoms with E-state index >= 15 is 0 Å². The smallest absolute Gasteiger partial charge is 0.152 e. The zero-order valence-electron chi connectivity index (χ0n) is 8.26. The molecule has 1 aromatic carbocycles. The van der Waals surface area contributed by atoms with Crippen molar-refractivity contribution in [3.8, 4) is 10.4 Å². The lowest BCUT2D eigenvalue weighted by Gasteiger charge is -2.02. The highest BCUT2D eigenvalue weighted by Gasteiger charge is 2.18. The topological polar surface area (TPSA) is 50.9 Å². The maximum absolute atomic E-state index is 14.0. The summed E-state index contributed by atoms with van der Waals surface area (Å²) in [6.07, 6.45) is 0. The van der Waals surface area contributed by atoms with Crippen molar-refractivity contribution < 1.29 is 9.60 Å². The number of hydrogen-bond donors (Lipinski definition) is 1. The highest BCUT2D eigenvalue weighted by atomic mass is 35.5. The Labute approximate surface area is 104 Å². The minimum Gasteiger partial charge on any atom is -0.396 e. The Bertz CT molecular complexity index is 695. The molecule has 0 amide bonds. The van der Waals surface area contributed by atoms with Crippen molar-refractivity contribution in [2.45, 2.75) is 0 Å². The van der Waals surface area contributed by atoms with Gasteiger partial charge in [0.1, 0.15) is 11.0 Å². The molecule has 86 valence electrons. The molecule has 0 spiro atoms. The van der Waals surface area contributed by atoms with E-state index in [0.717, 1.165) is 0 Å². The van der Waals surface area contributed by atoms with Gasteiger partial charge in [-0.15, -0.1) is 21.5 Å². The van der Waals surface area contributed by atoms with Crippen molar-refractivity contribution in [1.82, 2.24) is 15.2 Å². The molecule has 0 saturated heterocycles. The molecule has 0 aliphatic rings. The van der Waals surface area contributed by atoms with Gasteiger partial charge in [-0.3, -0.25) is 0 Å². The summed E-state index contributed by atoms with van der Waals surface area (Å²) in [4.78, 5) is 1.10. The highest BCUT2D eigenvalue weighted by molar-refractivity contribution is 7.13. The van der Waals surface area contributed by atoms with Crippen LogP contribution in [-0.4, -0.2) is 20.4 Å². The van der Waals surface area contributed by atoms with Crippen LogP contribution in [0.4, 0.5) is 4.39 Å². The first-order valence-corrected chi connectivity index (χ1v) is 5.91. The normalized spacial score (nSPS) is 11.2. The van der Waals surface area contributed by atoms with Gasteiger partial charge in [-0.1, -0.05) is 17.7 Å². The predicted octanol–water partition coefficient (Wildman–Crippen LogP) is 3.19. The van der Waals surface area contributed by atoms with Crippen molar-refractivity contribution in [2.24, 2.45) is 0 Å². The molecule has 0 aliphatic carbocycles. The fourth-order valence-corrected chi connectivity index (χ4v) is 2.60. The number of halogens is 2. The molecule has 1 N–H and O–H groups in total. The molecular formula is C10H5ClFN3OS. The molecule has 2 aromatic heterocycles. The largest absolute Gasteiger partial charge is 0.396 e. The first kappa shape index (κ1) is 10.5. The van der Waals surface area contributed by atoms with Gasteiger partial charge in [-0.2, -0.15) is 0 Å². The lowest BCUT2D eigenvalue weighted by Crippen LogP contribution is -1.93. The minimum absolute atomic E-state index is 0.0404. The summed E-state index contributed by atoms with van der Waals surface area (Å²) in [5.74, 6) is -0.554. The van der Waals surface area contributed by atoms with Crippen LogP contribution in [0.2, 0.25) is 5.02 Å². The van der Waals surface area contributed by atoms with E-state index in [1.165, 1.54) is 17.4 Å². The van der Waals surface area contributed by atoms with Crippen LogP contribution in [0.15, 0.2) is 23.6 Å². The summed E-state index contributed by atoms with van der Waals surface area (Å²) in [6.45, 7) is 0. The van der Waals surface area contributed by atoms with Gasteiger partial charge in [0.2, 0.25) is 0 Å². The molecular weight excluding hydrogens is 265 g/mol. The van der Waals surface area contributed by atoms with Crippen LogP contribution >= 0.6 is 22.9 Å². The molecule has 3 aromatic rings. The van der Waals surface area contributed by atoms with E-state index in [0.29, 0.717) is 15.4 Å². The fourth-order valence-electron chi connectivity index (χ4n) is 1.63. The summed E-state index contributed by atoms with van der Waals surface area (Å²) >= 11 is 7.16. The third-order valence-corrected chi connectivity index (χ3v) is 3.49. The van der Waals surface area contributed by atoms with Crippen molar-refractivity contribution >= 4 is 34.0 Å². The fraction of sp³-hybridized carbons (Fsp3) is 0. The standard InChI is InChI=1S/C10H5ClFN3OS/c11-5-4-6-10(14-15(16)13-6)8(9(5)12)7-2-1-3-17-7/h1-4,16H. The predicted molar refractivity (Wildman–Crippen MR) is 63.0 cm³/mol. The first-order chi connectivity index (χ1) is 8.16. The van der Waals surface area contributed by atoms with Crippen molar-refractivity contribution in [3.63, 3.8) is 0 Å². The highest BCUT2D eigenvalue weighted by Crippen LogP contribution is 2.36. The molecule has 0 fully saturated rings. The van der Waals surface area contributed by atoms with E-state index < -0.39 is 5.82 Å². The second kappa shape index (κ2) is 3.68. The van der Waals surface area contributed by atoms with E-state index in [9.17, 15) is 9.60 Å². The number of rotatable bonds is 1. The van der Waals surface area contributed by atoms with Crippen LogP contribution in [0, 0.1) is 5.82 Å². The summed E-state index contributed by atoms with van der Waals surface area (Å²) < 4.78 is 14.0. The third kappa shape index (κ3) is 1.57. The maximum atomic E-state index is 14.0. The Balaban J connectivity index is 2.45. The molecule has 4 nitrogen and oxygen atoms in total. The minimum atomic E-state index is -0.554. The molecule has 0 unspecified atom stereocenters. The summed E-state index contributed by atoms with van der Waals surface area (Å²) in [6, 6.07) is 4.90. The molecule has 3 rings (SSSR count). The van der Waals surface area contributed by atoms with Gasteiger partial charge in [-0.05, 0) is 22.5 Å². The Kier molecular flexibility index (Phi) is 2.27. The number of thiophene rings is 1. The SMILES string of the molecule is On1nc2cc(Cl)c(F)c(-c3cccs3)c2n1. The van der Waals surface area contributed by atoms with Gasteiger partial charge in [0.25, 0.3) is 0 Å². The maximum Gasteiger partial charge on any atom is 0.152 e.